The van der Waals surface area contributed by atoms with Gasteiger partial charge in [-0.15, -0.1) is 0 Å². The molecule has 6 heteroatoms. The maximum Gasteiger partial charge on any atom is 0.417 e. The third-order valence-corrected chi connectivity index (χ3v) is 1.90. The number of hydrogen-bond acceptors (Lipinski definition) is 2. The average Bonchev–Trinajstić information content (AvgIpc) is 2.14. The summed E-state index contributed by atoms with van der Waals surface area (Å²) in [6, 6.07) is 0.667. The summed E-state index contributed by atoms with van der Waals surface area (Å²) in [6.45, 7) is 0. The maximum absolute atomic E-state index is 12.4. The van der Waals surface area contributed by atoms with E-state index in [4.69, 9.17) is 7.48 Å². The van der Waals surface area contributed by atoms with Crippen molar-refractivity contribution in [3.8, 4) is 5.88 Å². The molecule has 0 fully saturated rings. The summed E-state index contributed by atoms with van der Waals surface area (Å²) in [4.78, 5) is 3.42. The van der Waals surface area contributed by atoms with Gasteiger partial charge in [0, 0.05) is 19.8 Å². The molecule has 0 aromatic carbocycles. The van der Waals surface area contributed by atoms with Gasteiger partial charge in [0.25, 0.3) is 0 Å². The molecule has 0 spiro atoms. The minimum absolute atomic E-state index is 0.185. The summed E-state index contributed by atoms with van der Waals surface area (Å²) < 4.78 is 56.4. The van der Waals surface area contributed by atoms with Crippen molar-refractivity contribution in [2.75, 3.05) is 7.11 Å². The largest absolute Gasteiger partial charge is 0.481 e. The molecule has 0 saturated carbocycles. The number of ether oxygens (including phenoxy) is 1. The second-order valence-electron chi connectivity index (χ2n) is 2.37. The van der Waals surface area contributed by atoms with Gasteiger partial charge in [0.1, 0.15) is 0 Å². The molecule has 2 nitrogen and oxygen atoms in total. The zero-order valence-corrected chi connectivity index (χ0v) is 8.61. The molecule has 0 radical (unpaired) electrons. The van der Waals surface area contributed by atoms with Crippen molar-refractivity contribution in [3.63, 3.8) is 0 Å². The first-order valence-corrected chi connectivity index (χ1v) is 4.26. The predicted molar refractivity (Wildman–Crippen MR) is 48.4 cm³/mol. The predicted octanol–water partition coefficient (Wildman–Crippen LogP) is 3.00. The van der Waals surface area contributed by atoms with Crippen LogP contribution in [0.1, 0.15) is 13.9 Å². The third kappa shape index (κ3) is 2.37. The number of alkyl halides is 4. The molecule has 0 amide bonds. The van der Waals surface area contributed by atoms with E-state index in [1.807, 2.05) is 0 Å². The molecule has 78 valence electrons. The maximum atomic E-state index is 12.4. The molecule has 1 aromatic heterocycles. The number of rotatable bonds is 2. The SMILES string of the molecule is [2H]C([2H])(Br)c1cc(C(F)(F)F)cnc1OC. The van der Waals surface area contributed by atoms with E-state index in [2.05, 4.69) is 20.9 Å². The van der Waals surface area contributed by atoms with Gasteiger partial charge in [-0.1, -0.05) is 15.9 Å². The van der Waals surface area contributed by atoms with Gasteiger partial charge in [-0.05, 0) is 6.07 Å². The Kier molecular flexibility index (Phi) is 2.53. The van der Waals surface area contributed by atoms with Crippen molar-refractivity contribution in [3.05, 3.63) is 23.4 Å². The molecule has 0 N–H and O–H groups in total. The summed E-state index contributed by atoms with van der Waals surface area (Å²) in [5.74, 6) is -0.185. The molecule has 0 atom stereocenters. The van der Waals surface area contributed by atoms with Crippen LogP contribution in [-0.2, 0) is 11.5 Å². The van der Waals surface area contributed by atoms with Gasteiger partial charge in [0.05, 0.1) is 12.7 Å². The number of nitrogens with zero attached hydrogens (tertiary/aromatic N) is 1. The van der Waals surface area contributed by atoms with E-state index >= 15 is 0 Å². The fourth-order valence-corrected chi connectivity index (χ4v) is 1.12. The van der Waals surface area contributed by atoms with Crippen LogP contribution in [0.15, 0.2) is 12.3 Å². The number of hydrogen-bond donors (Lipinski definition) is 0. The second-order valence-corrected chi connectivity index (χ2v) is 2.77. The van der Waals surface area contributed by atoms with E-state index in [9.17, 15) is 13.2 Å². The van der Waals surface area contributed by atoms with E-state index in [0.29, 0.717) is 12.3 Å². The smallest absolute Gasteiger partial charge is 0.417 e. The van der Waals surface area contributed by atoms with Crippen LogP contribution in [0, 0.1) is 0 Å². The van der Waals surface area contributed by atoms with E-state index in [0.717, 1.165) is 0 Å². The van der Waals surface area contributed by atoms with E-state index in [1.54, 1.807) is 0 Å². The Balaban J connectivity index is 3.34. The Hall–Kier alpha value is -0.780. The lowest BCUT2D eigenvalue weighted by atomic mass is 10.2. The lowest BCUT2D eigenvalue weighted by molar-refractivity contribution is -0.137. The van der Waals surface area contributed by atoms with Gasteiger partial charge < -0.3 is 4.74 Å². The molecular formula is C8H7BrF3NO. The lowest BCUT2D eigenvalue weighted by Crippen LogP contribution is -2.07. The first-order chi connectivity index (χ1) is 7.16. The monoisotopic (exact) mass is 271 g/mol. The van der Waals surface area contributed by atoms with Crippen molar-refractivity contribution in [2.45, 2.75) is 11.5 Å². The number of aromatic nitrogens is 1. The quantitative estimate of drug-likeness (QED) is 0.772. The molecule has 0 aliphatic heterocycles. The number of pyridine rings is 1. The normalized spacial score (nSPS) is 14.6. The molecule has 0 aliphatic carbocycles. The highest BCUT2D eigenvalue weighted by atomic mass is 79.9. The van der Waals surface area contributed by atoms with Gasteiger partial charge in [0.15, 0.2) is 0 Å². The molecular weight excluding hydrogens is 263 g/mol. The van der Waals surface area contributed by atoms with Crippen LogP contribution in [0.2, 0.25) is 0 Å². The fourth-order valence-electron chi connectivity index (χ4n) is 0.838. The Bertz CT molecular complexity index is 392. The summed E-state index contributed by atoms with van der Waals surface area (Å²) in [7, 11) is 1.21. The molecule has 14 heavy (non-hydrogen) atoms. The first kappa shape index (κ1) is 8.52. The Morgan fingerprint density at radius 2 is 2.29 bits per heavy atom. The molecule has 1 aromatic rings. The summed E-state index contributed by atoms with van der Waals surface area (Å²) in [5.41, 5.74) is -1.32. The average molecular weight is 272 g/mol. The van der Waals surface area contributed by atoms with Gasteiger partial charge >= 0.3 is 6.18 Å². The fraction of sp³-hybridized carbons (Fsp3) is 0.375. The van der Waals surface area contributed by atoms with E-state index < -0.39 is 17.0 Å². The Labute approximate surface area is 90.0 Å². The number of methoxy groups -OCH3 is 1. The number of halogens is 4. The van der Waals surface area contributed by atoms with E-state index in [-0.39, 0.29) is 11.4 Å². The highest BCUT2D eigenvalue weighted by molar-refractivity contribution is 9.08. The summed E-state index contributed by atoms with van der Waals surface area (Å²) in [6.07, 6.45) is -3.96. The van der Waals surface area contributed by atoms with Crippen molar-refractivity contribution < 1.29 is 20.6 Å². The van der Waals surface area contributed by atoms with Crippen LogP contribution in [0.4, 0.5) is 13.2 Å². The van der Waals surface area contributed by atoms with Crippen LogP contribution < -0.4 is 4.74 Å². The standard InChI is InChI=1S/C8H7BrF3NO/c1-14-7-5(3-9)2-6(4-13-7)8(10,11)12/h2,4H,3H2,1H3/i3D2. The van der Waals surface area contributed by atoms with Crippen molar-refractivity contribution in [1.82, 2.24) is 4.98 Å². The van der Waals surface area contributed by atoms with Gasteiger partial charge in [-0.2, -0.15) is 13.2 Å². The van der Waals surface area contributed by atoms with Crippen LogP contribution in [0.5, 0.6) is 5.88 Å². The van der Waals surface area contributed by atoms with Crippen LogP contribution >= 0.6 is 15.9 Å². The zero-order chi connectivity index (χ0) is 12.6. The Morgan fingerprint density at radius 3 is 2.71 bits per heavy atom. The van der Waals surface area contributed by atoms with Crippen LogP contribution in [-0.4, -0.2) is 12.1 Å². The Morgan fingerprint density at radius 1 is 1.64 bits per heavy atom. The van der Waals surface area contributed by atoms with Gasteiger partial charge in [0.2, 0.25) is 5.88 Å². The lowest BCUT2D eigenvalue weighted by Gasteiger charge is -2.09. The third-order valence-electron chi connectivity index (χ3n) is 1.47. The van der Waals surface area contributed by atoms with E-state index in [1.165, 1.54) is 7.11 Å². The minimum atomic E-state index is -4.56. The molecule has 0 saturated heterocycles. The van der Waals surface area contributed by atoms with Crippen LogP contribution in [0.25, 0.3) is 0 Å². The zero-order valence-electron chi connectivity index (χ0n) is 9.02. The topological polar surface area (TPSA) is 22.1 Å². The molecule has 0 unspecified atom stereocenters. The van der Waals surface area contributed by atoms with Crippen LogP contribution in [0.3, 0.4) is 0 Å². The molecule has 1 rings (SSSR count). The van der Waals surface area contributed by atoms with Crippen molar-refractivity contribution in [1.29, 1.82) is 0 Å². The minimum Gasteiger partial charge on any atom is -0.481 e. The first-order valence-electron chi connectivity index (χ1n) is 4.47. The van der Waals surface area contributed by atoms with Crippen molar-refractivity contribution >= 4 is 15.9 Å². The molecule has 0 bridgehead atoms. The summed E-state index contributed by atoms with van der Waals surface area (Å²) >= 11 is 2.63. The van der Waals surface area contributed by atoms with Gasteiger partial charge in [-0.3, -0.25) is 0 Å². The molecule has 0 aliphatic rings. The second kappa shape index (κ2) is 4.16. The van der Waals surface area contributed by atoms with Gasteiger partial charge in [-0.25, -0.2) is 4.98 Å². The van der Waals surface area contributed by atoms with Crippen molar-refractivity contribution in [2.24, 2.45) is 0 Å². The summed E-state index contributed by atoms with van der Waals surface area (Å²) in [5, 5.41) is -2.13. The highest BCUT2D eigenvalue weighted by Gasteiger charge is 2.31. The molecule has 1 heterocycles. The highest BCUT2D eigenvalue weighted by Crippen LogP contribution is 2.31.